The number of hydrogen-bond donors (Lipinski definition) is 1. The molecule has 1 amide bonds. The standard InChI is InChI=1S/C19H21NO3/c1-19(2,14-18(22)23)13-17(21)20(15-9-5-3-6-10-15)16-11-7-4-8-12-16/h3-12H,13-14H2,1-2H3,(H,22,23). The summed E-state index contributed by atoms with van der Waals surface area (Å²) in [6, 6.07) is 18.8. The fraction of sp³-hybridized carbons (Fsp3) is 0.263. The average Bonchev–Trinajstić information content (AvgIpc) is 2.47. The Bertz CT molecular complexity index is 626. The number of para-hydroxylation sites is 2. The molecule has 2 aromatic carbocycles. The lowest BCUT2D eigenvalue weighted by Crippen LogP contribution is -2.31. The van der Waals surface area contributed by atoms with Crippen molar-refractivity contribution in [1.82, 2.24) is 0 Å². The van der Waals surface area contributed by atoms with Gasteiger partial charge in [0, 0.05) is 17.8 Å². The molecule has 4 nitrogen and oxygen atoms in total. The van der Waals surface area contributed by atoms with Crippen molar-refractivity contribution < 1.29 is 14.7 Å². The molecule has 23 heavy (non-hydrogen) atoms. The Morgan fingerprint density at radius 3 is 1.70 bits per heavy atom. The average molecular weight is 311 g/mol. The predicted molar refractivity (Wildman–Crippen MR) is 90.7 cm³/mol. The third-order valence-corrected chi connectivity index (χ3v) is 3.54. The molecule has 0 aliphatic rings. The number of benzene rings is 2. The molecule has 0 spiro atoms. The molecule has 0 radical (unpaired) electrons. The SMILES string of the molecule is CC(C)(CC(=O)O)CC(=O)N(c1ccccc1)c1ccccc1. The second kappa shape index (κ2) is 7.09. The van der Waals surface area contributed by atoms with Crippen molar-refractivity contribution in [3.05, 3.63) is 60.7 Å². The van der Waals surface area contributed by atoms with E-state index in [1.54, 1.807) is 18.7 Å². The normalized spacial score (nSPS) is 11.0. The van der Waals surface area contributed by atoms with Gasteiger partial charge in [0.1, 0.15) is 0 Å². The summed E-state index contributed by atoms with van der Waals surface area (Å²) in [5.41, 5.74) is 0.940. The van der Waals surface area contributed by atoms with Crippen molar-refractivity contribution in [2.45, 2.75) is 26.7 Å². The van der Waals surface area contributed by atoms with Crippen molar-refractivity contribution in [2.75, 3.05) is 4.90 Å². The second-order valence-electron chi connectivity index (χ2n) is 6.31. The van der Waals surface area contributed by atoms with Gasteiger partial charge in [-0.05, 0) is 29.7 Å². The Kier molecular flexibility index (Phi) is 5.16. The number of nitrogens with zero attached hydrogens (tertiary/aromatic N) is 1. The zero-order chi connectivity index (χ0) is 16.9. The molecule has 0 bridgehead atoms. The van der Waals surface area contributed by atoms with Gasteiger partial charge >= 0.3 is 5.97 Å². The first-order valence-electron chi connectivity index (χ1n) is 7.54. The number of aliphatic carboxylic acids is 1. The summed E-state index contributed by atoms with van der Waals surface area (Å²) in [4.78, 5) is 25.5. The van der Waals surface area contributed by atoms with Gasteiger partial charge in [0.25, 0.3) is 0 Å². The van der Waals surface area contributed by atoms with E-state index in [0.717, 1.165) is 11.4 Å². The van der Waals surface area contributed by atoms with E-state index >= 15 is 0 Å². The molecule has 0 saturated carbocycles. The first kappa shape index (κ1) is 16.7. The van der Waals surface area contributed by atoms with Crippen LogP contribution in [0.5, 0.6) is 0 Å². The van der Waals surface area contributed by atoms with Crippen LogP contribution in [0.3, 0.4) is 0 Å². The van der Waals surface area contributed by atoms with Gasteiger partial charge in [-0.2, -0.15) is 0 Å². The van der Waals surface area contributed by atoms with Gasteiger partial charge in [0.15, 0.2) is 0 Å². The van der Waals surface area contributed by atoms with Gasteiger partial charge < -0.3 is 5.11 Å². The molecule has 120 valence electrons. The Balaban J connectivity index is 2.31. The minimum atomic E-state index is -0.895. The summed E-state index contributed by atoms with van der Waals surface area (Å²) >= 11 is 0. The molecule has 1 N–H and O–H groups in total. The van der Waals surface area contributed by atoms with E-state index in [-0.39, 0.29) is 18.7 Å². The van der Waals surface area contributed by atoms with Crippen molar-refractivity contribution in [3.63, 3.8) is 0 Å². The first-order chi connectivity index (χ1) is 10.9. The summed E-state index contributed by atoms with van der Waals surface area (Å²) in [6.07, 6.45) is 0.110. The number of carbonyl (C=O) groups is 2. The summed E-state index contributed by atoms with van der Waals surface area (Å²) in [6.45, 7) is 3.60. The molecule has 0 atom stereocenters. The van der Waals surface area contributed by atoms with Crippen LogP contribution in [0.25, 0.3) is 0 Å². The van der Waals surface area contributed by atoms with Crippen LogP contribution in [0.15, 0.2) is 60.7 Å². The molecule has 0 aliphatic heterocycles. The van der Waals surface area contributed by atoms with E-state index in [1.807, 2.05) is 60.7 Å². The lowest BCUT2D eigenvalue weighted by atomic mass is 9.85. The number of carboxylic acids is 1. The molecule has 0 unspecified atom stereocenters. The molecule has 4 heteroatoms. The van der Waals surface area contributed by atoms with Crippen LogP contribution >= 0.6 is 0 Å². The molecular formula is C19H21NO3. The fourth-order valence-corrected chi connectivity index (χ4v) is 2.55. The van der Waals surface area contributed by atoms with Crippen LogP contribution < -0.4 is 4.90 Å². The maximum atomic E-state index is 12.9. The molecule has 2 aromatic rings. The number of hydrogen-bond acceptors (Lipinski definition) is 2. The summed E-state index contributed by atoms with van der Waals surface area (Å²) in [5, 5.41) is 9.01. The van der Waals surface area contributed by atoms with Gasteiger partial charge in [-0.3, -0.25) is 14.5 Å². The van der Waals surface area contributed by atoms with Crippen molar-refractivity contribution in [2.24, 2.45) is 5.41 Å². The lowest BCUT2D eigenvalue weighted by Gasteiger charge is -2.28. The van der Waals surface area contributed by atoms with Crippen LogP contribution in [0.1, 0.15) is 26.7 Å². The van der Waals surface area contributed by atoms with Crippen LogP contribution in [0, 0.1) is 5.41 Å². The van der Waals surface area contributed by atoms with Crippen molar-refractivity contribution in [1.29, 1.82) is 0 Å². The lowest BCUT2D eigenvalue weighted by molar-refractivity contribution is -0.139. The molecule has 0 saturated heterocycles. The predicted octanol–water partition coefficient (Wildman–Crippen LogP) is 4.24. The van der Waals surface area contributed by atoms with Crippen LogP contribution in [0.4, 0.5) is 11.4 Å². The highest BCUT2D eigenvalue weighted by atomic mass is 16.4. The van der Waals surface area contributed by atoms with Gasteiger partial charge in [-0.1, -0.05) is 50.2 Å². The van der Waals surface area contributed by atoms with Gasteiger partial charge in [0.05, 0.1) is 6.42 Å². The highest BCUT2D eigenvalue weighted by molar-refractivity contribution is 6.00. The van der Waals surface area contributed by atoms with Crippen LogP contribution in [-0.2, 0) is 9.59 Å². The number of carboxylic acid groups (broad SMARTS) is 1. The van der Waals surface area contributed by atoms with E-state index in [0.29, 0.717) is 0 Å². The number of amides is 1. The van der Waals surface area contributed by atoms with Crippen LogP contribution in [-0.4, -0.2) is 17.0 Å². The van der Waals surface area contributed by atoms with E-state index in [2.05, 4.69) is 0 Å². The third-order valence-electron chi connectivity index (χ3n) is 3.54. The first-order valence-corrected chi connectivity index (χ1v) is 7.54. The largest absolute Gasteiger partial charge is 0.481 e. The second-order valence-corrected chi connectivity index (χ2v) is 6.31. The highest BCUT2D eigenvalue weighted by Crippen LogP contribution is 2.31. The molecule has 2 rings (SSSR count). The maximum absolute atomic E-state index is 12.9. The van der Waals surface area contributed by atoms with Gasteiger partial charge in [-0.15, -0.1) is 0 Å². The fourth-order valence-electron chi connectivity index (χ4n) is 2.55. The Morgan fingerprint density at radius 1 is 0.870 bits per heavy atom. The number of anilines is 2. The van der Waals surface area contributed by atoms with E-state index < -0.39 is 11.4 Å². The number of rotatable bonds is 6. The summed E-state index contributed by atoms with van der Waals surface area (Å²) < 4.78 is 0. The molecule has 0 heterocycles. The van der Waals surface area contributed by atoms with Crippen molar-refractivity contribution in [3.8, 4) is 0 Å². The highest BCUT2D eigenvalue weighted by Gasteiger charge is 2.29. The van der Waals surface area contributed by atoms with E-state index in [4.69, 9.17) is 5.11 Å². The minimum absolute atomic E-state index is 0.0455. The summed E-state index contributed by atoms with van der Waals surface area (Å²) in [7, 11) is 0. The molecular weight excluding hydrogens is 290 g/mol. The molecule has 0 aromatic heterocycles. The maximum Gasteiger partial charge on any atom is 0.303 e. The molecule has 0 fully saturated rings. The monoisotopic (exact) mass is 311 g/mol. The van der Waals surface area contributed by atoms with Crippen molar-refractivity contribution >= 4 is 23.3 Å². The third kappa shape index (κ3) is 4.68. The quantitative estimate of drug-likeness (QED) is 0.868. The Labute approximate surface area is 136 Å². The zero-order valence-corrected chi connectivity index (χ0v) is 13.4. The molecule has 0 aliphatic carbocycles. The van der Waals surface area contributed by atoms with Gasteiger partial charge in [0.2, 0.25) is 5.91 Å². The Hall–Kier alpha value is -2.62. The van der Waals surface area contributed by atoms with E-state index in [9.17, 15) is 9.59 Å². The Morgan fingerprint density at radius 2 is 1.30 bits per heavy atom. The number of carbonyl (C=O) groups excluding carboxylic acids is 1. The smallest absolute Gasteiger partial charge is 0.303 e. The summed E-state index contributed by atoms with van der Waals surface area (Å²) in [5.74, 6) is -1.01. The van der Waals surface area contributed by atoms with Gasteiger partial charge in [-0.25, -0.2) is 0 Å². The zero-order valence-electron chi connectivity index (χ0n) is 13.4. The topological polar surface area (TPSA) is 57.6 Å². The minimum Gasteiger partial charge on any atom is -0.481 e. The van der Waals surface area contributed by atoms with E-state index in [1.165, 1.54) is 0 Å². The van der Waals surface area contributed by atoms with Crippen LogP contribution in [0.2, 0.25) is 0 Å².